The molecule has 0 heterocycles. The lowest BCUT2D eigenvalue weighted by molar-refractivity contribution is 0.00229. The lowest BCUT2D eigenvalue weighted by atomic mass is 10.00. The van der Waals surface area contributed by atoms with Gasteiger partial charge in [0.2, 0.25) is 0 Å². The maximum absolute atomic E-state index is 12.7. The van der Waals surface area contributed by atoms with Gasteiger partial charge in [0.25, 0.3) is 0 Å². The molecule has 0 N–H and O–H groups in total. The van der Waals surface area contributed by atoms with E-state index in [0.717, 1.165) is 44.4 Å². The van der Waals surface area contributed by atoms with Crippen molar-refractivity contribution in [2.45, 2.75) is 85.2 Å². The van der Waals surface area contributed by atoms with Gasteiger partial charge >= 0.3 is 5.97 Å². The first-order chi connectivity index (χ1) is 12.5. The normalized spacial score (nSPS) is 12.4. The Balaban J connectivity index is 2.74. The van der Waals surface area contributed by atoms with Crippen LogP contribution in [0.25, 0.3) is 0 Å². The van der Waals surface area contributed by atoms with Crippen molar-refractivity contribution >= 4 is 5.97 Å². The number of carbonyl (C=O) groups is 1. The van der Waals surface area contributed by atoms with Crippen molar-refractivity contribution in [3.05, 3.63) is 34.9 Å². The van der Waals surface area contributed by atoms with E-state index in [1.807, 2.05) is 12.1 Å². The number of rotatable bonds is 13. The lowest BCUT2D eigenvalue weighted by Crippen LogP contribution is -2.23. The predicted octanol–water partition coefficient (Wildman–Crippen LogP) is 5.98. The monoisotopic (exact) mass is 362 g/mol. The Morgan fingerprint density at radius 2 is 1.54 bits per heavy atom. The van der Waals surface area contributed by atoms with Crippen LogP contribution in [-0.2, 0) is 22.3 Å². The zero-order valence-corrected chi connectivity index (χ0v) is 17.5. The first-order valence-electron chi connectivity index (χ1n) is 10.3. The summed E-state index contributed by atoms with van der Waals surface area (Å²) in [7, 11) is 1.66. The van der Waals surface area contributed by atoms with Crippen LogP contribution in [0.5, 0.6) is 0 Å². The Morgan fingerprint density at radius 3 is 2.04 bits per heavy atom. The quantitative estimate of drug-likeness (QED) is 0.320. The smallest absolute Gasteiger partial charge is 0.338 e. The molecule has 1 rings (SSSR count). The van der Waals surface area contributed by atoms with Crippen LogP contribution in [0, 0.1) is 5.92 Å². The Labute approximate surface area is 160 Å². The van der Waals surface area contributed by atoms with E-state index in [-0.39, 0.29) is 12.1 Å². The van der Waals surface area contributed by atoms with Crippen LogP contribution in [0.3, 0.4) is 0 Å². The molecule has 1 atom stereocenters. The maximum Gasteiger partial charge on any atom is 0.338 e. The van der Waals surface area contributed by atoms with E-state index < -0.39 is 0 Å². The molecule has 3 heteroatoms. The first-order valence-corrected chi connectivity index (χ1v) is 10.3. The molecule has 0 aromatic heterocycles. The lowest BCUT2D eigenvalue weighted by Gasteiger charge is -2.18. The van der Waals surface area contributed by atoms with Gasteiger partial charge < -0.3 is 9.47 Å². The number of benzene rings is 1. The highest BCUT2D eigenvalue weighted by atomic mass is 16.6. The average molecular weight is 363 g/mol. The van der Waals surface area contributed by atoms with E-state index >= 15 is 0 Å². The largest absolute Gasteiger partial charge is 0.456 e. The molecule has 1 aromatic carbocycles. The minimum atomic E-state index is -0.216. The first kappa shape index (κ1) is 22.7. The predicted molar refractivity (Wildman–Crippen MR) is 109 cm³/mol. The molecule has 0 spiro atoms. The van der Waals surface area contributed by atoms with Crippen LogP contribution in [-0.4, -0.2) is 25.8 Å². The van der Waals surface area contributed by atoms with E-state index in [9.17, 15) is 4.79 Å². The highest BCUT2D eigenvalue weighted by Crippen LogP contribution is 2.17. The van der Waals surface area contributed by atoms with Crippen LogP contribution in [0.1, 0.15) is 87.7 Å². The third-order valence-electron chi connectivity index (χ3n) is 4.55. The molecule has 1 aromatic rings. The van der Waals surface area contributed by atoms with Gasteiger partial charge in [-0.3, -0.25) is 0 Å². The Hall–Kier alpha value is -1.35. The summed E-state index contributed by atoms with van der Waals surface area (Å²) in [5.41, 5.74) is 3.14. The Bertz CT molecular complexity index is 498. The van der Waals surface area contributed by atoms with Crippen LogP contribution in [0.2, 0.25) is 0 Å². The third-order valence-corrected chi connectivity index (χ3v) is 4.55. The molecule has 148 valence electrons. The zero-order chi connectivity index (χ0) is 19.4. The SMILES string of the molecule is CCCc1cc(CCC)cc(C(=O)OC(CCCCC(C)C)COC)c1. The molecule has 0 saturated carbocycles. The van der Waals surface area contributed by atoms with Gasteiger partial charge in [0.15, 0.2) is 0 Å². The molecule has 26 heavy (non-hydrogen) atoms. The minimum Gasteiger partial charge on any atom is -0.456 e. The summed E-state index contributed by atoms with van der Waals surface area (Å²) in [4.78, 5) is 12.7. The second kappa shape index (κ2) is 12.9. The van der Waals surface area contributed by atoms with Gasteiger partial charge in [-0.25, -0.2) is 4.79 Å². The molecule has 1 unspecified atom stereocenters. The molecule has 0 aliphatic rings. The van der Waals surface area contributed by atoms with Crippen molar-refractivity contribution in [1.82, 2.24) is 0 Å². The topological polar surface area (TPSA) is 35.5 Å². The fourth-order valence-corrected chi connectivity index (χ4v) is 3.25. The molecular weight excluding hydrogens is 324 g/mol. The number of ether oxygens (including phenoxy) is 2. The molecule has 0 aliphatic heterocycles. The summed E-state index contributed by atoms with van der Waals surface area (Å²) < 4.78 is 11.1. The Kier molecular flexibility index (Phi) is 11.3. The summed E-state index contributed by atoms with van der Waals surface area (Å²) in [5.74, 6) is 0.503. The van der Waals surface area contributed by atoms with E-state index in [1.165, 1.54) is 24.0 Å². The maximum atomic E-state index is 12.7. The Morgan fingerprint density at radius 1 is 0.962 bits per heavy atom. The van der Waals surface area contributed by atoms with E-state index in [0.29, 0.717) is 12.2 Å². The molecule has 0 radical (unpaired) electrons. The van der Waals surface area contributed by atoms with Crippen molar-refractivity contribution in [2.75, 3.05) is 13.7 Å². The molecule has 0 amide bonds. The highest BCUT2D eigenvalue weighted by Gasteiger charge is 2.17. The fraction of sp³-hybridized carbons (Fsp3) is 0.696. The van der Waals surface area contributed by atoms with Gasteiger partial charge in [-0.1, -0.05) is 59.4 Å². The second-order valence-electron chi connectivity index (χ2n) is 7.70. The van der Waals surface area contributed by atoms with E-state index in [2.05, 4.69) is 33.8 Å². The second-order valence-corrected chi connectivity index (χ2v) is 7.70. The molecular formula is C23H38O3. The summed E-state index contributed by atoms with van der Waals surface area (Å²) >= 11 is 0. The van der Waals surface area contributed by atoms with Crippen LogP contribution in [0.4, 0.5) is 0 Å². The number of esters is 1. The summed E-state index contributed by atoms with van der Waals surface area (Å²) in [6, 6.07) is 6.21. The molecule has 0 fully saturated rings. The average Bonchev–Trinajstić information content (AvgIpc) is 2.59. The van der Waals surface area contributed by atoms with E-state index in [4.69, 9.17) is 9.47 Å². The minimum absolute atomic E-state index is 0.163. The third kappa shape index (κ3) is 8.84. The number of methoxy groups -OCH3 is 1. The van der Waals surface area contributed by atoms with Crippen molar-refractivity contribution < 1.29 is 14.3 Å². The van der Waals surface area contributed by atoms with Crippen LogP contribution >= 0.6 is 0 Å². The summed E-state index contributed by atoms with van der Waals surface area (Å²) in [6.07, 6.45) is 8.29. The van der Waals surface area contributed by atoms with Crippen molar-refractivity contribution in [3.63, 3.8) is 0 Å². The summed E-state index contributed by atoms with van der Waals surface area (Å²) in [5, 5.41) is 0. The van der Waals surface area contributed by atoms with Crippen LogP contribution in [0.15, 0.2) is 18.2 Å². The zero-order valence-electron chi connectivity index (χ0n) is 17.5. The van der Waals surface area contributed by atoms with Crippen molar-refractivity contribution in [3.8, 4) is 0 Å². The van der Waals surface area contributed by atoms with E-state index in [1.54, 1.807) is 7.11 Å². The van der Waals surface area contributed by atoms with Gasteiger partial charge in [0, 0.05) is 7.11 Å². The van der Waals surface area contributed by atoms with Gasteiger partial charge in [-0.15, -0.1) is 0 Å². The van der Waals surface area contributed by atoms with Gasteiger partial charge in [-0.05, 0) is 54.9 Å². The molecule has 0 aliphatic carbocycles. The van der Waals surface area contributed by atoms with Gasteiger partial charge in [-0.2, -0.15) is 0 Å². The van der Waals surface area contributed by atoms with Crippen LogP contribution < -0.4 is 0 Å². The number of hydrogen-bond donors (Lipinski definition) is 0. The molecule has 0 bridgehead atoms. The number of aryl methyl sites for hydroxylation is 2. The highest BCUT2D eigenvalue weighted by molar-refractivity contribution is 5.90. The fourth-order valence-electron chi connectivity index (χ4n) is 3.25. The number of carbonyl (C=O) groups excluding carboxylic acids is 1. The van der Waals surface area contributed by atoms with Gasteiger partial charge in [0.05, 0.1) is 12.2 Å². The van der Waals surface area contributed by atoms with Crippen molar-refractivity contribution in [1.29, 1.82) is 0 Å². The number of hydrogen-bond acceptors (Lipinski definition) is 3. The standard InChI is InChI=1S/C23H38O3/c1-6-10-19-14-20(11-7-2)16-21(15-19)23(24)26-22(17-25-5)13-9-8-12-18(3)4/h14-16,18,22H,6-13,17H2,1-5H3. The van der Waals surface area contributed by atoms with Crippen molar-refractivity contribution in [2.24, 2.45) is 5.92 Å². The molecule has 0 saturated heterocycles. The summed E-state index contributed by atoms with van der Waals surface area (Å²) in [6.45, 7) is 9.27. The van der Waals surface area contributed by atoms with Gasteiger partial charge in [0.1, 0.15) is 6.10 Å². The number of unbranched alkanes of at least 4 members (excludes halogenated alkanes) is 1. The molecule has 3 nitrogen and oxygen atoms in total.